The Morgan fingerprint density at radius 1 is 1.21 bits per heavy atom. The molecule has 2 rings (SSSR count). The maximum Gasteiger partial charge on any atom is 0.251 e. The van der Waals surface area contributed by atoms with E-state index < -0.39 is 0 Å². The Hall–Kier alpha value is -2.60. The van der Waals surface area contributed by atoms with Gasteiger partial charge in [0.25, 0.3) is 5.91 Å². The lowest BCUT2D eigenvalue weighted by Gasteiger charge is -2.12. The van der Waals surface area contributed by atoms with Crippen molar-refractivity contribution in [3.63, 3.8) is 0 Å². The minimum atomic E-state index is -0.180. The molecular weight excluding hydrogens is 306 g/mol. The minimum absolute atomic E-state index is 0.113. The normalized spacial score (nSPS) is 11.8. The average molecular weight is 329 g/mol. The van der Waals surface area contributed by atoms with E-state index in [9.17, 15) is 9.59 Å². The summed E-state index contributed by atoms with van der Waals surface area (Å²) in [6.07, 6.45) is 2.45. The Bertz CT molecular complexity index is 668. The number of carbonyl (C=O) groups is 2. The standard InChI is InChI=1S/C18H23N3O3/c1-3-13(2)20-18(23)14-6-4-7-15(10-14)21-17(22)12-19-11-16-8-5-9-24-16/h4-10,13,19H,3,11-12H2,1-2H3,(H,20,23)(H,21,22). The number of anilines is 1. The van der Waals surface area contributed by atoms with Crippen molar-refractivity contribution in [3.05, 3.63) is 54.0 Å². The molecule has 0 aliphatic carbocycles. The Kier molecular flexibility index (Phi) is 6.57. The van der Waals surface area contributed by atoms with Crippen LogP contribution in [0.15, 0.2) is 47.1 Å². The summed E-state index contributed by atoms with van der Waals surface area (Å²) in [4.78, 5) is 24.1. The highest BCUT2D eigenvalue weighted by Gasteiger charge is 2.10. The third-order valence-corrected chi connectivity index (χ3v) is 3.56. The van der Waals surface area contributed by atoms with Crippen LogP contribution in [0, 0.1) is 0 Å². The predicted molar refractivity (Wildman–Crippen MR) is 92.7 cm³/mol. The molecule has 2 amide bonds. The van der Waals surface area contributed by atoms with Crippen LogP contribution in [0.3, 0.4) is 0 Å². The van der Waals surface area contributed by atoms with Gasteiger partial charge in [-0.1, -0.05) is 13.0 Å². The summed E-state index contributed by atoms with van der Waals surface area (Å²) < 4.78 is 5.18. The van der Waals surface area contributed by atoms with E-state index in [-0.39, 0.29) is 24.4 Å². The summed E-state index contributed by atoms with van der Waals surface area (Å²) in [5.41, 5.74) is 1.12. The molecule has 1 unspecified atom stereocenters. The van der Waals surface area contributed by atoms with Gasteiger partial charge in [-0.2, -0.15) is 0 Å². The molecule has 0 saturated heterocycles. The molecule has 2 aromatic rings. The second kappa shape index (κ2) is 8.88. The summed E-state index contributed by atoms with van der Waals surface area (Å²) in [6.45, 7) is 4.60. The van der Waals surface area contributed by atoms with Crippen molar-refractivity contribution in [1.29, 1.82) is 0 Å². The Labute approximate surface area is 141 Å². The van der Waals surface area contributed by atoms with Gasteiger partial charge in [0.15, 0.2) is 0 Å². The third kappa shape index (κ3) is 5.55. The highest BCUT2D eigenvalue weighted by molar-refractivity contribution is 5.97. The van der Waals surface area contributed by atoms with Gasteiger partial charge in [-0.15, -0.1) is 0 Å². The number of benzene rings is 1. The monoisotopic (exact) mass is 329 g/mol. The number of nitrogens with one attached hydrogen (secondary N) is 3. The molecular formula is C18H23N3O3. The average Bonchev–Trinajstić information content (AvgIpc) is 3.08. The Morgan fingerprint density at radius 2 is 2.04 bits per heavy atom. The molecule has 1 heterocycles. The number of amides is 2. The smallest absolute Gasteiger partial charge is 0.251 e. The van der Waals surface area contributed by atoms with Gasteiger partial charge >= 0.3 is 0 Å². The first-order valence-electron chi connectivity index (χ1n) is 8.02. The molecule has 128 valence electrons. The van der Waals surface area contributed by atoms with E-state index in [1.807, 2.05) is 19.9 Å². The summed E-state index contributed by atoms with van der Waals surface area (Å²) in [5, 5.41) is 8.67. The van der Waals surface area contributed by atoms with Crippen LogP contribution < -0.4 is 16.0 Å². The maximum atomic E-state index is 12.1. The lowest BCUT2D eigenvalue weighted by atomic mass is 10.1. The van der Waals surface area contributed by atoms with Gasteiger partial charge in [-0.3, -0.25) is 9.59 Å². The van der Waals surface area contributed by atoms with E-state index in [1.54, 1.807) is 36.6 Å². The first kappa shape index (κ1) is 17.7. The fraction of sp³-hybridized carbons (Fsp3) is 0.333. The van der Waals surface area contributed by atoms with E-state index in [0.29, 0.717) is 17.8 Å². The number of rotatable bonds is 8. The van der Waals surface area contributed by atoms with Crippen molar-refractivity contribution in [2.75, 3.05) is 11.9 Å². The zero-order valence-corrected chi connectivity index (χ0v) is 14.0. The molecule has 0 fully saturated rings. The first-order chi connectivity index (χ1) is 11.6. The molecule has 0 aliphatic rings. The number of carbonyl (C=O) groups excluding carboxylic acids is 2. The molecule has 0 aliphatic heterocycles. The molecule has 0 saturated carbocycles. The molecule has 0 radical (unpaired) electrons. The lowest BCUT2D eigenvalue weighted by Crippen LogP contribution is -2.32. The lowest BCUT2D eigenvalue weighted by molar-refractivity contribution is -0.115. The van der Waals surface area contributed by atoms with Crippen LogP contribution in [0.1, 0.15) is 36.4 Å². The number of hydrogen-bond acceptors (Lipinski definition) is 4. The zero-order valence-electron chi connectivity index (χ0n) is 14.0. The minimum Gasteiger partial charge on any atom is -0.468 e. The molecule has 24 heavy (non-hydrogen) atoms. The summed E-state index contributed by atoms with van der Waals surface area (Å²) in [6, 6.07) is 10.6. The van der Waals surface area contributed by atoms with Crippen LogP contribution in [0.25, 0.3) is 0 Å². The van der Waals surface area contributed by atoms with Crippen molar-refractivity contribution in [1.82, 2.24) is 10.6 Å². The van der Waals surface area contributed by atoms with Crippen molar-refractivity contribution < 1.29 is 14.0 Å². The van der Waals surface area contributed by atoms with Gasteiger partial charge in [0.05, 0.1) is 19.4 Å². The van der Waals surface area contributed by atoms with E-state index in [1.165, 1.54) is 0 Å². The number of hydrogen-bond donors (Lipinski definition) is 3. The summed E-state index contributed by atoms with van der Waals surface area (Å²) in [7, 11) is 0. The van der Waals surface area contributed by atoms with E-state index in [0.717, 1.165) is 12.2 Å². The molecule has 6 nitrogen and oxygen atoms in total. The van der Waals surface area contributed by atoms with Crippen molar-refractivity contribution in [2.45, 2.75) is 32.9 Å². The van der Waals surface area contributed by atoms with Gasteiger partial charge in [-0.05, 0) is 43.7 Å². The van der Waals surface area contributed by atoms with Crippen LogP contribution in [-0.2, 0) is 11.3 Å². The molecule has 6 heteroatoms. The largest absolute Gasteiger partial charge is 0.468 e. The fourth-order valence-corrected chi connectivity index (χ4v) is 2.06. The maximum absolute atomic E-state index is 12.1. The SMILES string of the molecule is CCC(C)NC(=O)c1cccc(NC(=O)CNCc2ccco2)c1. The zero-order chi connectivity index (χ0) is 17.4. The Morgan fingerprint density at radius 3 is 2.75 bits per heavy atom. The Balaban J connectivity index is 1.84. The van der Waals surface area contributed by atoms with Crippen LogP contribution >= 0.6 is 0 Å². The molecule has 1 aromatic heterocycles. The second-order valence-electron chi connectivity index (χ2n) is 5.59. The number of furan rings is 1. The second-order valence-corrected chi connectivity index (χ2v) is 5.59. The van der Waals surface area contributed by atoms with Crippen molar-refractivity contribution in [2.24, 2.45) is 0 Å². The highest BCUT2D eigenvalue weighted by atomic mass is 16.3. The quantitative estimate of drug-likeness (QED) is 0.695. The third-order valence-electron chi connectivity index (χ3n) is 3.56. The fourth-order valence-electron chi connectivity index (χ4n) is 2.06. The van der Waals surface area contributed by atoms with Gasteiger partial charge in [0, 0.05) is 17.3 Å². The van der Waals surface area contributed by atoms with Gasteiger partial charge < -0.3 is 20.4 Å². The van der Waals surface area contributed by atoms with E-state index in [4.69, 9.17) is 4.42 Å². The van der Waals surface area contributed by atoms with Gasteiger partial charge in [0.2, 0.25) is 5.91 Å². The molecule has 3 N–H and O–H groups in total. The topological polar surface area (TPSA) is 83.4 Å². The van der Waals surface area contributed by atoms with Crippen molar-refractivity contribution >= 4 is 17.5 Å². The van der Waals surface area contributed by atoms with E-state index >= 15 is 0 Å². The van der Waals surface area contributed by atoms with Crippen LogP contribution in [0.4, 0.5) is 5.69 Å². The summed E-state index contributed by atoms with van der Waals surface area (Å²) >= 11 is 0. The van der Waals surface area contributed by atoms with Crippen LogP contribution in [-0.4, -0.2) is 24.4 Å². The van der Waals surface area contributed by atoms with E-state index in [2.05, 4.69) is 16.0 Å². The molecule has 1 aromatic carbocycles. The highest BCUT2D eigenvalue weighted by Crippen LogP contribution is 2.11. The molecule has 0 spiro atoms. The first-order valence-corrected chi connectivity index (χ1v) is 8.02. The van der Waals surface area contributed by atoms with Gasteiger partial charge in [0.1, 0.15) is 5.76 Å². The van der Waals surface area contributed by atoms with Crippen molar-refractivity contribution in [3.8, 4) is 0 Å². The van der Waals surface area contributed by atoms with Gasteiger partial charge in [-0.25, -0.2) is 0 Å². The molecule has 1 atom stereocenters. The summed E-state index contributed by atoms with van der Waals surface area (Å²) in [5.74, 6) is 0.448. The van der Waals surface area contributed by atoms with Crippen LogP contribution in [0.5, 0.6) is 0 Å². The predicted octanol–water partition coefficient (Wildman–Crippen LogP) is 2.54. The van der Waals surface area contributed by atoms with Crippen LogP contribution in [0.2, 0.25) is 0 Å². The molecule has 0 bridgehead atoms.